The molecule has 0 saturated carbocycles. The summed E-state index contributed by atoms with van der Waals surface area (Å²) in [6.07, 6.45) is 0.400. The second-order valence-corrected chi connectivity index (χ2v) is 10.4. The lowest BCUT2D eigenvalue weighted by molar-refractivity contribution is -0.131. The van der Waals surface area contributed by atoms with Gasteiger partial charge in [-0.25, -0.2) is 9.78 Å². The first-order valence-corrected chi connectivity index (χ1v) is 13.5. The van der Waals surface area contributed by atoms with Gasteiger partial charge >= 0.3 is 6.09 Å². The Morgan fingerprint density at radius 1 is 0.952 bits per heavy atom. The Morgan fingerprint density at radius 3 is 2.29 bits per heavy atom. The number of nitrogens with one attached hydrogen (secondary N) is 2. The molecule has 42 heavy (non-hydrogen) atoms. The zero-order valence-corrected chi connectivity index (χ0v) is 23.8. The maximum absolute atomic E-state index is 14.0. The van der Waals surface area contributed by atoms with E-state index in [4.69, 9.17) is 0 Å². The van der Waals surface area contributed by atoms with Crippen molar-refractivity contribution in [2.24, 2.45) is 5.92 Å². The fraction of sp³-hybridized carbons (Fsp3) is 0.290. The van der Waals surface area contributed by atoms with E-state index < -0.39 is 47.9 Å². The highest BCUT2D eigenvalue weighted by Gasteiger charge is 2.43. The summed E-state index contributed by atoms with van der Waals surface area (Å²) in [6.45, 7) is 4.90. The topological polar surface area (TPSA) is 149 Å². The molecular weight excluding hydrogens is 538 g/mol. The van der Waals surface area contributed by atoms with Gasteiger partial charge in [-0.1, -0.05) is 62.4 Å². The molecule has 11 heteroatoms. The Kier molecular flexibility index (Phi) is 8.99. The predicted octanol–water partition coefficient (Wildman–Crippen LogP) is 3.35. The molecule has 0 aliphatic carbocycles. The first-order chi connectivity index (χ1) is 20.0. The van der Waals surface area contributed by atoms with Crippen molar-refractivity contribution >= 4 is 41.1 Å². The molecule has 1 aliphatic heterocycles. The van der Waals surface area contributed by atoms with Crippen LogP contribution in [0.15, 0.2) is 72.9 Å². The number of ketones is 1. The maximum Gasteiger partial charge on any atom is 0.407 e. The number of para-hydroxylation sites is 1. The molecule has 0 radical (unpaired) electrons. The molecule has 0 saturated heterocycles. The number of carboxylic acid groups (broad SMARTS) is 1. The number of pyridine rings is 1. The van der Waals surface area contributed by atoms with E-state index in [0.29, 0.717) is 28.2 Å². The van der Waals surface area contributed by atoms with Gasteiger partial charge in [0.05, 0.1) is 5.69 Å². The molecular formula is C31H33N5O6. The van der Waals surface area contributed by atoms with Crippen molar-refractivity contribution < 1.29 is 29.1 Å². The van der Waals surface area contributed by atoms with E-state index in [1.165, 1.54) is 25.1 Å². The molecule has 3 N–H and O–H groups in total. The highest BCUT2D eigenvalue weighted by atomic mass is 16.4. The van der Waals surface area contributed by atoms with Crippen LogP contribution in [0.25, 0.3) is 0 Å². The number of anilines is 2. The van der Waals surface area contributed by atoms with Crippen LogP contribution in [0.4, 0.5) is 16.3 Å². The van der Waals surface area contributed by atoms with Gasteiger partial charge in [-0.15, -0.1) is 0 Å². The van der Waals surface area contributed by atoms with Crippen LogP contribution in [-0.4, -0.2) is 69.8 Å². The van der Waals surface area contributed by atoms with Crippen LogP contribution in [-0.2, 0) is 20.8 Å². The van der Waals surface area contributed by atoms with Crippen LogP contribution < -0.4 is 15.5 Å². The molecule has 11 nitrogen and oxygen atoms in total. The minimum Gasteiger partial charge on any atom is -0.465 e. The molecule has 3 atom stereocenters. The first kappa shape index (κ1) is 29.9. The third-order valence-electron chi connectivity index (χ3n) is 7.32. The molecule has 4 rings (SSSR count). The average Bonchev–Trinajstić information content (AvgIpc) is 3.38. The van der Waals surface area contributed by atoms with Gasteiger partial charge in [-0.05, 0) is 36.6 Å². The van der Waals surface area contributed by atoms with Gasteiger partial charge in [0, 0.05) is 30.8 Å². The number of nitrogens with zero attached hydrogens (tertiary/aromatic N) is 3. The molecule has 0 spiro atoms. The molecule has 2 aromatic carbocycles. The zero-order chi connectivity index (χ0) is 30.6. The van der Waals surface area contributed by atoms with Crippen LogP contribution in [0.1, 0.15) is 42.3 Å². The standard InChI is InChI=1S/C31H33N5O6/c1-18(2)25(34-28(38)19(3)35(4)31(41)42)30(40)36-24(17-21-13-10-16-32-27(21)36)29(39)33-23-15-9-8-14-22(23)26(37)20-11-6-5-7-12-20/h5-16,18-19,24-25H,17H2,1-4H3,(H,33,39)(H,34,38)(H,41,42)/t19-,24-,25-/m0/s1. The molecule has 0 unspecified atom stereocenters. The van der Waals surface area contributed by atoms with E-state index in [1.54, 1.807) is 80.6 Å². The molecule has 3 aromatic rings. The largest absolute Gasteiger partial charge is 0.465 e. The molecule has 2 heterocycles. The average molecular weight is 572 g/mol. The fourth-order valence-electron chi connectivity index (χ4n) is 4.75. The van der Waals surface area contributed by atoms with Gasteiger partial charge in [0.25, 0.3) is 5.91 Å². The van der Waals surface area contributed by atoms with Gasteiger partial charge in [0.2, 0.25) is 11.8 Å². The Labute approximate surface area is 243 Å². The minimum absolute atomic E-state index is 0.173. The number of carbonyl (C=O) groups excluding carboxylic acids is 4. The summed E-state index contributed by atoms with van der Waals surface area (Å²) in [5.41, 5.74) is 1.73. The second-order valence-electron chi connectivity index (χ2n) is 10.4. The van der Waals surface area contributed by atoms with Crippen molar-refractivity contribution in [2.45, 2.75) is 45.3 Å². The number of fused-ring (bicyclic) bond motifs is 1. The van der Waals surface area contributed by atoms with E-state index in [9.17, 15) is 29.1 Å². The zero-order valence-electron chi connectivity index (χ0n) is 23.8. The Balaban J connectivity index is 1.63. The molecule has 1 aromatic heterocycles. The van der Waals surface area contributed by atoms with E-state index in [1.807, 2.05) is 0 Å². The van der Waals surface area contributed by atoms with Crippen LogP contribution in [0.2, 0.25) is 0 Å². The van der Waals surface area contributed by atoms with Crippen molar-refractivity contribution in [1.29, 1.82) is 0 Å². The van der Waals surface area contributed by atoms with Gasteiger partial charge in [-0.2, -0.15) is 0 Å². The van der Waals surface area contributed by atoms with Crippen molar-refractivity contribution in [3.63, 3.8) is 0 Å². The number of amides is 4. The third kappa shape index (κ3) is 6.14. The van der Waals surface area contributed by atoms with Crippen molar-refractivity contribution in [1.82, 2.24) is 15.2 Å². The normalized spacial score (nSPS) is 15.4. The second kappa shape index (κ2) is 12.6. The van der Waals surface area contributed by atoms with Crippen molar-refractivity contribution in [3.8, 4) is 0 Å². The van der Waals surface area contributed by atoms with E-state index in [0.717, 1.165) is 4.90 Å². The SMILES string of the molecule is CC(C)[C@H](NC(=O)[C@H](C)N(C)C(=O)O)C(=O)N1c2ncccc2C[C@H]1C(=O)Nc1ccccc1C(=O)c1ccccc1. The van der Waals surface area contributed by atoms with Crippen molar-refractivity contribution in [2.75, 3.05) is 17.3 Å². The van der Waals surface area contributed by atoms with E-state index in [-0.39, 0.29) is 12.2 Å². The number of rotatable bonds is 9. The summed E-state index contributed by atoms with van der Waals surface area (Å²) < 4.78 is 0. The molecule has 218 valence electrons. The number of hydrogen-bond acceptors (Lipinski definition) is 6. The number of likely N-dealkylation sites (N-methyl/N-ethyl adjacent to an activating group) is 1. The predicted molar refractivity (Wildman–Crippen MR) is 156 cm³/mol. The summed E-state index contributed by atoms with van der Waals surface area (Å²) in [4.78, 5) is 71.8. The van der Waals surface area contributed by atoms with Gasteiger partial charge in [-0.3, -0.25) is 29.0 Å². The van der Waals surface area contributed by atoms with E-state index >= 15 is 0 Å². The summed E-state index contributed by atoms with van der Waals surface area (Å²) in [7, 11) is 1.26. The van der Waals surface area contributed by atoms with Crippen LogP contribution >= 0.6 is 0 Å². The highest BCUT2D eigenvalue weighted by Crippen LogP contribution is 2.32. The monoisotopic (exact) mass is 571 g/mol. The van der Waals surface area contributed by atoms with Crippen LogP contribution in [0, 0.1) is 5.92 Å². The lowest BCUT2D eigenvalue weighted by Crippen LogP contribution is -2.58. The Bertz CT molecular complexity index is 1510. The van der Waals surface area contributed by atoms with E-state index in [2.05, 4.69) is 15.6 Å². The van der Waals surface area contributed by atoms with Crippen molar-refractivity contribution in [3.05, 3.63) is 89.6 Å². The Hall–Kier alpha value is -5.06. The van der Waals surface area contributed by atoms with Gasteiger partial charge < -0.3 is 15.7 Å². The number of aromatic nitrogens is 1. The quantitative estimate of drug-likeness (QED) is 0.334. The minimum atomic E-state index is -1.29. The number of benzene rings is 2. The number of hydrogen-bond donors (Lipinski definition) is 3. The summed E-state index contributed by atoms with van der Waals surface area (Å²) in [5.74, 6) is -2.10. The molecule has 0 fully saturated rings. The van der Waals surface area contributed by atoms with Gasteiger partial charge in [0.1, 0.15) is 23.9 Å². The Morgan fingerprint density at radius 2 is 1.62 bits per heavy atom. The third-order valence-corrected chi connectivity index (χ3v) is 7.32. The van der Waals surface area contributed by atoms with Gasteiger partial charge in [0.15, 0.2) is 5.78 Å². The highest BCUT2D eigenvalue weighted by molar-refractivity contribution is 6.15. The first-order valence-electron chi connectivity index (χ1n) is 13.5. The molecule has 0 bridgehead atoms. The summed E-state index contributed by atoms with van der Waals surface area (Å²) in [6, 6.07) is 15.7. The molecule has 1 aliphatic rings. The molecule has 4 amide bonds. The summed E-state index contributed by atoms with van der Waals surface area (Å²) in [5, 5.41) is 14.8. The smallest absolute Gasteiger partial charge is 0.407 e. The van der Waals surface area contributed by atoms with Crippen LogP contribution in [0.3, 0.4) is 0 Å². The summed E-state index contributed by atoms with van der Waals surface area (Å²) >= 11 is 0. The lowest BCUT2D eigenvalue weighted by atomic mass is 10.0. The maximum atomic E-state index is 14.0. The fourth-order valence-corrected chi connectivity index (χ4v) is 4.75. The lowest BCUT2D eigenvalue weighted by Gasteiger charge is -2.31. The van der Waals surface area contributed by atoms with Crippen LogP contribution in [0.5, 0.6) is 0 Å². The number of carbonyl (C=O) groups is 5.